The van der Waals surface area contributed by atoms with Crippen LogP contribution in [-0.4, -0.2) is 17.3 Å². The molecular weight excluding hydrogens is 364 g/mol. The van der Waals surface area contributed by atoms with E-state index in [4.69, 9.17) is 21.4 Å². The smallest absolute Gasteiger partial charge is 0.335 e. The summed E-state index contributed by atoms with van der Waals surface area (Å²) >= 11 is 6.13. The molecule has 0 unspecified atom stereocenters. The van der Waals surface area contributed by atoms with Crippen molar-refractivity contribution < 1.29 is 14.6 Å². The number of carbonyl (C=O) groups is 1. The van der Waals surface area contributed by atoms with E-state index in [-0.39, 0.29) is 5.56 Å². The van der Waals surface area contributed by atoms with Crippen LogP contribution in [0.1, 0.15) is 21.5 Å². The lowest BCUT2D eigenvalue weighted by molar-refractivity contribution is 0.0697. The third-order valence-electron chi connectivity index (χ3n) is 3.75. The molecule has 3 aromatic rings. The van der Waals surface area contributed by atoms with Crippen LogP contribution in [0.5, 0.6) is 5.75 Å². The lowest BCUT2D eigenvalue weighted by atomic mass is 10.2. The van der Waals surface area contributed by atoms with Crippen LogP contribution in [-0.2, 0) is 6.61 Å². The molecule has 6 heteroatoms. The normalized spacial score (nSPS) is 10.7. The minimum atomic E-state index is -0.960. The highest BCUT2D eigenvalue weighted by Crippen LogP contribution is 2.19. The molecule has 3 rings (SSSR count). The first-order chi connectivity index (χ1) is 13.1. The Labute approximate surface area is 161 Å². The van der Waals surface area contributed by atoms with Gasteiger partial charge >= 0.3 is 5.97 Å². The maximum atomic E-state index is 10.8. The number of nitrogens with zero attached hydrogens (tertiary/aromatic N) is 1. The van der Waals surface area contributed by atoms with E-state index in [1.54, 1.807) is 18.3 Å². The summed E-state index contributed by atoms with van der Waals surface area (Å²) in [5.41, 5.74) is 5.57. The third kappa shape index (κ3) is 5.33. The molecule has 0 heterocycles. The fraction of sp³-hybridized carbons (Fsp3) is 0.0476. The Hall–Kier alpha value is -3.31. The van der Waals surface area contributed by atoms with E-state index in [2.05, 4.69) is 10.5 Å². The van der Waals surface area contributed by atoms with Gasteiger partial charge in [-0.3, -0.25) is 5.43 Å². The number of hydrogen-bond donors (Lipinski definition) is 2. The highest BCUT2D eigenvalue weighted by Gasteiger charge is 2.02. The predicted molar refractivity (Wildman–Crippen MR) is 107 cm³/mol. The zero-order valence-electron chi connectivity index (χ0n) is 14.3. The number of nitrogens with one attached hydrogen (secondary N) is 1. The molecule has 0 aliphatic carbocycles. The molecule has 0 aliphatic rings. The lowest BCUT2D eigenvalue weighted by Gasteiger charge is -2.08. The number of benzene rings is 3. The first-order valence-corrected chi connectivity index (χ1v) is 8.58. The van der Waals surface area contributed by atoms with Gasteiger partial charge in [0.15, 0.2) is 0 Å². The first kappa shape index (κ1) is 18.5. The Morgan fingerprint density at radius 1 is 1.07 bits per heavy atom. The molecule has 0 atom stereocenters. The molecule has 0 saturated heterocycles. The summed E-state index contributed by atoms with van der Waals surface area (Å²) in [5, 5.41) is 13.7. The second-order valence-electron chi connectivity index (χ2n) is 5.71. The largest absolute Gasteiger partial charge is 0.489 e. The van der Waals surface area contributed by atoms with Crippen molar-refractivity contribution in [1.29, 1.82) is 0 Å². The van der Waals surface area contributed by atoms with Gasteiger partial charge in [-0.15, -0.1) is 0 Å². The molecule has 0 bridgehead atoms. The number of hydrazone groups is 1. The standard InChI is InChI=1S/C21H17ClN2O3/c22-20-7-2-1-5-17(20)14-27-19-6-3-4-15(12-19)13-23-24-18-10-8-16(9-11-18)21(25)26/h1-13,24H,14H2,(H,25,26). The lowest BCUT2D eigenvalue weighted by Crippen LogP contribution is -1.97. The highest BCUT2D eigenvalue weighted by molar-refractivity contribution is 6.31. The number of carboxylic acid groups (broad SMARTS) is 1. The van der Waals surface area contributed by atoms with Crippen LogP contribution in [0.15, 0.2) is 77.9 Å². The van der Waals surface area contributed by atoms with Crippen molar-refractivity contribution in [1.82, 2.24) is 0 Å². The number of carboxylic acids is 1. The zero-order valence-corrected chi connectivity index (χ0v) is 15.1. The quantitative estimate of drug-likeness (QED) is 0.443. The van der Waals surface area contributed by atoms with Crippen molar-refractivity contribution in [3.8, 4) is 5.75 Å². The minimum absolute atomic E-state index is 0.230. The third-order valence-corrected chi connectivity index (χ3v) is 4.12. The second kappa shape index (κ2) is 8.87. The van der Waals surface area contributed by atoms with Gasteiger partial charge in [0.05, 0.1) is 17.5 Å². The van der Waals surface area contributed by atoms with E-state index in [1.807, 2.05) is 48.5 Å². The van der Waals surface area contributed by atoms with Crippen LogP contribution in [0.3, 0.4) is 0 Å². The van der Waals surface area contributed by atoms with Crippen LogP contribution < -0.4 is 10.2 Å². The van der Waals surface area contributed by atoms with E-state index in [0.29, 0.717) is 23.1 Å². The van der Waals surface area contributed by atoms with E-state index >= 15 is 0 Å². The molecule has 0 spiro atoms. The minimum Gasteiger partial charge on any atom is -0.489 e. The van der Waals surface area contributed by atoms with Gasteiger partial charge in [-0.2, -0.15) is 5.10 Å². The fourth-order valence-corrected chi connectivity index (χ4v) is 2.52. The topological polar surface area (TPSA) is 70.9 Å². The number of anilines is 1. The van der Waals surface area contributed by atoms with Gasteiger partial charge in [-0.1, -0.05) is 41.9 Å². The molecule has 5 nitrogen and oxygen atoms in total. The molecule has 0 aromatic heterocycles. The SMILES string of the molecule is O=C(O)c1ccc(NN=Cc2cccc(OCc3ccccc3Cl)c2)cc1. The maximum Gasteiger partial charge on any atom is 0.335 e. The van der Waals surface area contributed by atoms with Crippen molar-refractivity contribution in [3.63, 3.8) is 0 Å². The van der Waals surface area contributed by atoms with Crippen LogP contribution in [0.4, 0.5) is 5.69 Å². The maximum absolute atomic E-state index is 10.8. The predicted octanol–water partition coefficient (Wildman–Crippen LogP) is 5.06. The van der Waals surface area contributed by atoms with Gasteiger partial charge in [-0.05, 0) is 48.0 Å². The summed E-state index contributed by atoms with van der Waals surface area (Å²) < 4.78 is 5.79. The van der Waals surface area contributed by atoms with Crippen molar-refractivity contribution in [2.45, 2.75) is 6.61 Å². The molecular formula is C21H17ClN2O3. The summed E-state index contributed by atoms with van der Waals surface area (Å²) in [4.78, 5) is 10.8. The van der Waals surface area contributed by atoms with E-state index in [0.717, 1.165) is 11.1 Å². The van der Waals surface area contributed by atoms with Gasteiger partial charge in [0.1, 0.15) is 12.4 Å². The van der Waals surface area contributed by atoms with Crippen LogP contribution in [0.2, 0.25) is 5.02 Å². The second-order valence-corrected chi connectivity index (χ2v) is 6.11. The summed E-state index contributed by atoms with van der Waals surface area (Å²) in [7, 11) is 0. The van der Waals surface area contributed by atoms with E-state index in [1.165, 1.54) is 12.1 Å². The Morgan fingerprint density at radius 2 is 1.85 bits per heavy atom. The van der Waals surface area contributed by atoms with Crippen LogP contribution in [0.25, 0.3) is 0 Å². The summed E-state index contributed by atoms with van der Waals surface area (Å²) in [6.07, 6.45) is 1.66. The average molecular weight is 381 g/mol. The molecule has 0 fully saturated rings. The Kier molecular flexibility index (Phi) is 6.07. The number of aromatic carboxylic acids is 1. The van der Waals surface area contributed by atoms with E-state index < -0.39 is 5.97 Å². The highest BCUT2D eigenvalue weighted by atomic mass is 35.5. The van der Waals surface area contributed by atoms with Gasteiger partial charge in [0, 0.05) is 10.6 Å². The molecule has 0 radical (unpaired) electrons. The molecule has 3 aromatic carbocycles. The van der Waals surface area contributed by atoms with Gasteiger partial charge in [-0.25, -0.2) is 4.79 Å². The molecule has 27 heavy (non-hydrogen) atoms. The number of halogens is 1. The average Bonchev–Trinajstić information content (AvgIpc) is 2.68. The Morgan fingerprint density at radius 3 is 2.59 bits per heavy atom. The van der Waals surface area contributed by atoms with Crippen molar-refractivity contribution in [3.05, 3.63) is 94.5 Å². The van der Waals surface area contributed by atoms with Crippen molar-refractivity contribution in [2.24, 2.45) is 5.10 Å². The van der Waals surface area contributed by atoms with Crippen molar-refractivity contribution in [2.75, 3.05) is 5.43 Å². The zero-order chi connectivity index (χ0) is 19.1. The van der Waals surface area contributed by atoms with Gasteiger partial charge in [0.25, 0.3) is 0 Å². The molecule has 0 saturated carbocycles. The summed E-state index contributed by atoms with van der Waals surface area (Å²) in [6.45, 7) is 0.383. The van der Waals surface area contributed by atoms with Crippen LogP contribution >= 0.6 is 11.6 Å². The molecule has 0 aliphatic heterocycles. The number of rotatable bonds is 7. The van der Waals surface area contributed by atoms with E-state index in [9.17, 15) is 4.79 Å². The van der Waals surface area contributed by atoms with Crippen LogP contribution in [0, 0.1) is 0 Å². The van der Waals surface area contributed by atoms with Gasteiger partial charge < -0.3 is 9.84 Å². The van der Waals surface area contributed by atoms with Crippen molar-refractivity contribution >= 4 is 29.5 Å². The number of ether oxygens (including phenoxy) is 1. The first-order valence-electron chi connectivity index (χ1n) is 8.20. The molecule has 0 amide bonds. The number of hydrogen-bond acceptors (Lipinski definition) is 4. The molecule has 2 N–H and O–H groups in total. The Bertz CT molecular complexity index is 956. The fourth-order valence-electron chi connectivity index (χ4n) is 2.33. The summed E-state index contributed by atoms with van der Waals surface area (Å²) in [5.74, 6) is -0.247. The van der Waals surface area contributed by atoms with Gasteiger partial charge in [0.2, 0.25) is 0 Å². The molecule has 136 valence electrons. The summed E-state index contributed by atoms with van der Waals surface area (Å²) in [6, 6.07) is 21.4. The Balaban J connectivity index is 1.59. The monoisotopic (exact) mass is 380 g/mol.